The lowest BCUT2D eigenvalue weighted by molar-refractivity contribution is 0.0777. The fourth-order valence-electron chi connectivity index (χ4n) is 4.07. The molecule has 1 aliphatic heterocycles. The number of Topliss-reactive ketones (excluding diaryl/α,β-unsaturated/α-hetero) is 1. The van der Waals surface area contributed by atoms with Crippen molar-refractivity contribution in [3.05, 3.63) is 81.9 Å². The van der Waals surface area contributed by atoms with Crippen LogP contribution in [0.2, 0.25) is 0 Å². The normalized spacial score (nSPS) is 15.0. The first-order valence-corrected chi connectivity index (χ1v) is 11.7. The fourth-order valence-corrected chi connectivity index (χ4v) is 4.82. The number of aryl methyl sites for hydroxylation is 1. The van der Waals surface area contributed by atoms with Crippen LogP contribution in [0.15, 0.2) is 64.5 Å². The Morgan fingerprint density at radius 1 is 1.15 bits per heavy atom. The van der Waals surface area contributed by atoms with Gasteiger partial charge in [-0.1, -0.05) is 36.0 Å². The smallest absolute Gasteiger partial charge is 0.259 e. The van der Waals surface area contributed by atoms with Crippen molar-refractivity contribution >= 4 is 28.4 Å². The Kier molecular flexibility index (Phi) is 5.68. The lowest BCUT2D eigenvalue weighted by atomic mass is 10.2. The summed E-state index contributed by atoms with van der Waals surface area (Å²) in [7, 11) is 0. The highest BCUT2D eigenvalue weighted by Crippen LogP contribution is 2.31. The van der Waals surface area contributed by atoms with E-state index in [1.165, 1.54) is 11.8 Å². The number of rotatable bonds is 6. The highest BCUT2D eigenvalue weighted by Gasteiger charge is 2.24. The van der Waals surface area contributed by atoms with Crippen LogP contribution in [0, 0.1) is 13.8 Å². The van der Waals surface area contributed by atoms with Crippen molar-refractivity contribution in [1.82, 2.24) is 14.5 Å². The first kappa shape index (κ1) is 21.3. The van der Waals surface area contributed by atoms with Crippen LogP contribution in [-0.4, -0.2) is 38.8 Å². The minimum absolute atomic E-state index is 0.0127. The maximum atomic E-state index is 13.0. The zero-order valence-electron chi connectivity index (χ0n) is 18.3. The number of para-hydroxylation sites is 3. The van der Waals surface area contributed by atoms with Crippen molar-refractivity contribution < 1.29 is 14.3 Å². The summed E-state index contributed by atoms with van der Waals surface area (Å²) in [4.78, 5) is 32.5. The Morgan fingerprint density at radius 3 is 2.76 bits per heavy atom. The molecule has 1 aliphatic rings. The molecule has 0 spiro atoms. The van der Waals surface area contributed by atoms with E-state index < -0.39 is 0 Å². The van der Waals surface area contributed by atoms with E-state index in [2.05, 4.69) is 14.5 Å². The number of nitrogens with zero attached hydrogens (tertiary/aromatic N) is 2. The first-order valence-electron chi connectivity index (χ1n) is 10.7. The quantitative estimate of drug-likeness (QED) is 0.264. The van der Waals surface area contributed by atoms with Gasteiger partial charge in [0.05, 0.1) is 23.2 Å². The molecule has 33 heavy (non-hydrogen) atoms. The van der Waals surface area contributed by atoms with E-state index in [9.17, 15) is 9.59 Å². The van der Waals surface area contributed by atoms with Gasteiger partial charge in [-0.15, -0.1) is 0 Å². The summed E-state index contributed by atoms with van der Waals surface area (Å²) < 4.78 is 14.0. The highest BCUT2D eigenvalue weighted by molar-refractivity contribution is 7.99. The fraction of sp³-hybridized carbons (Fsp3) is 0.240. The van der Waals surface area contributed by atoms with Crippen LogP contribution in [0.1, 0.15) is 21.7 Å². The van der Waals surface area contributed by atoms with E-state index >= 15 is 0 Å². The van der Waals surface area contributed by atoms with Crippen molar-refractivity contribution in [2.24, 2.45) is 0 Å². The molecule has 2 aromatic heterocycles. The summed E-state index contributed by atoms with van der Waals surface area (Å²) in [6.45, 7) is 4.97. The molecule has 2 aromatic carbocycles. The number of H-pyrrole nitrogens is 1. The van der Waals surface area contributed by atoms with Gasteiger partial charge in [-0.05, 0) is 44.2 Å². The molecule has 0 saturated heterocycles. The molecule has 0 saturated carbocycles. The number of aromatic amines is 1. The van der Waals surface area contributed by atoms with Gasteiger partial charge in [0.15, 0.2) is 28.5 Å². The third kappa shape index (κ3) is 4.26. The number of carbonyl (C=O) groups is 1. The molecule has 0 fully saturated rings. The van der Waals surface area contributed by atoms with Crippen molar-refractivity contribution in [3.63, 3.8) is 0 Å². The van der Waals surface area contributed by atoms with Crippen molar-refractivity contribution in [2.75, 3.05) is 12.4 Å². The number of ether oxygens (including phenoxy) is 2. The third-order valence-electron chi connectivity index (χ3n) is 5.76. The van der Waals surface area contributed by atoms with Crippen LogP contribution in [0.4, 0.5) is 0 Å². The van der Waals surface area contributed by atoms with E-state index in [-0.39, 0.29) is 23.2 Å². The number of ketones is 1. The molecule has 0 radical (unpaired) electrons. The van der Waals surface area contributed by atoms with Crippen molar-refractivity contribution in [2.45, 2.75) is 31.7 Å². The Hall–Kier alpha value is -3.52. The van der Waals surface area contributed by atoms with Crippen LogP contribution in [0.3, 0.4) is 0 Å². The molecule has 5 rings (SSSR count). The lowest BCUT2D eigenvalue weighted by Gasteiger charge is -2.27. The van der Waals surface area contributed by atoms with Crippen LogP contribution in [0.5, 0.6) is 11.5 Å². The van der Waals surface area contributed by atoms with E-state index in [1.807, 2.05) is 50.2 Å². The average Bonchev–Trinajstić information content (AvgIpc) is 3.11. The zero-order valence-corrected chi connectivity index (χ0v) is 19.1. The van der Waals surface area contributed by atoms with Crippen LogP contribution < -0.4 is 15.0 Å². The van der Waals surface area contributed by atoms with Gasteiger partial charge >= 0.3 is 0 Å². The molecule has 0 aliphatic carbocycles. The van der Waals surface area contributed by atoms with Crippen LogP contribution in [-0.2, 0) is 6.54 Å². The number of carbonyl (C=O) groups excluding carboxylic acids is 1. The molecule has 4 aromatic rings. The zero-order chi connectivity index (χ0) is 22.9. The second-order valence-corrected chi connectivity index (χ2v) is 8.96. The van der Waals surface area contributed by atoms with Gasteiger partial charge in [0, 0.05) is 17.0 Å². The molecule has 1 atom stereocenters. The molecule has 0 amide bonds. The molecule has 7 nitrogen and oxygen atoms in total. The molecule has 8 heteroatoms. The molecule has 0 bridgehead atoms. The Labute approximate surface area is 194 Å². The minimum atomic E-state index is -0.204. The lowest BCUT2D eigenvalue weighted by Crippen LogP contribution is -2.33. The number of nitrogens with one attached hydrogen (secondary N) is 1. The summed E-state index contributed by atoms with van der Waals surface area (Å²) in [5.74, 6) is 1.66. The molecular weight excluding hydrogens is 438 g/mol. The largest absolute Gasteiger partial charge is 0.486 e. The molecule has 168 valence electrons. The summed E-state index contributed by atoms with van der Waals surface area (Å²) in [5, 5.41) is 0.973. The number of aromatic nitrogens is 3. The predicted molar refractivity (Wildman–Crippen MR) is 128 cm³/mol. The Balaban J connectivity index is 1.29. The van der Waals surface area contributed by atoms with E-state index in [0.29, 0.717) is 34.8 Å². The van der Waals surface area contributed by atoms with Crippen LogP contribution in [0.25, 0.3) is 10.9 Å². The molecule has 1 N–H and O–H groups in total. The summed E-state index contributed by atoms with van der Waals surface area (Å²) in [6, 6.07) is 16.7. The number of hydrogen-bond acceptors (Lipinski definition) is 6. The highest BCUT2D eigenvalue weighted by atomic mass is 32.2. The van der Waals surface area contributed by atoms with Crippen molar-refractivity contribution in [3.8, 4) is 11.5 Å². The maximum absolute atomic E-state index is 13.0. The summed E-state index contributed by atoms with van der Waals surface area (Å²) in [6.07, 6.45) is -0.145. The van der Waals surface area contributed by atoms with E-state index in [4.69, 9.17) is 9.47 Å². The van der Waals surface area contributed by atoms with E-state index in [0.717, 1.165) is 22.9 Å². The number of fused-ring (bicyclic) bond motifs is 2. The second-order valence-electron chi connectivity index (χ2n) is 7.99. The molecular formula is C25H23N3O4S. The van der Waals surface area contributed by atoms with Crippen molar-refractivity contribution in [1.29, 1.82) is 0 Å². The summed E-state index contributed by atoms with van der Waals surface area (Å²) in [5.41, 5.74) is 2.96. The van der Waals surface area contributed by atoms with Gasteiger partial charge in [-0.25, -0.2) is 4.98 Å². The van der Waals surface area contributed by atoms with Gasteiger partial charge < -0.3 is 19.0 Å². The van der Waals surface area contributed by atoms with Gasteiger partial charge in [0.2, 0.25) is 0 Å². The Bertz CT molecular complexity index is 1410. The SMILES string of the molecule is Cc1cc(C(=O)CSc2nc3ccccc3c(=O)[nH]2)c(C)n1C[C@H]1COc2ccccc2O1. The van der Waals surface area contributed by atoms with Crippen LogP contribution >= 0.6 is 11.8 Å². The van der Waals surface area contributed by atoms with E-state index in [1.54, 1.807) is 18.2 Å². The van der Waals surface area contributed by atoms with Gasteiger partial charge in [-0.3, -0.25) is 9.59 Å². The maximum Gasteiger partial charge on any atom is 0.259 e. The third-order valence-corrected chi connectivity index (χ3v) is 6.63. The predicted octanol–water partition coefficient (Wildman–Crippen LogP) is 4.16. The Morgan fingerprint density at radius 2 is 1.91 bits per heavy atom. The second kappa shape index (κ2) is 8.78. The number of hydrogen-bond donors (Lipinski definition) is 1. The number of benzene rings is 2. The average molecular weight is 462 g/mol. The van der Waals surface area contributed by atoms with Gasteiger partial charge in [-0.2, -0.15) is 0 Å². The topological polar surface area (TPSA) is 86.2 Å². The van der Waals surface area contributed by atoms with Gasteiger partial charge in [0.25, 0.3) is 5.56 Å². The standard InChI is InChI=1S/C25H23N3O4S/c1-15-11-19(16(2)28(15)12-17-13-31-22-9-5-6-10-23(22)32-17)21(29)14-33-25-26-20-8-4-3-7-18(20)24(30)27-25/h3-11,17H,12-14H2,1-2H3,(H,26,27,30)/t17-/m0/s1. The monoisotopic (exact) mass is 461 g/mol. The number of thioether (sulfide) groups is 1. The summed E-state index contributed by atoms with van der Waals surface area (Å²) >= 11 is 1.23. The first-order chi connectivity index (χ1) is 16.0. The molecule has 0 unspecified atom stereocenters. The molecule has 3 heterocycles. The van der Waals surface area contributed by atoms with Gasteiger partial charge in [0.1, 0.15) is 6.61 Å². The minimum Gasteiger partial charge on any atom is -0.486 e.